The van der Waals surface area contributed by atoms with Gasteiger partial charge in [0.1, 0.15) is 12.4 Å². The van der Waals surface area contributed by atoms with Crippen LogP contribution < -0.4 is 5.56 Å². The molecule has 0 N–H and O–H groups in total. The third-order valence-corrected chi connectivity index (χ3v) is 7.96. The lowest BCUT2D eigenvalue weighted by Crippen LogP contribution is -2.56. The first-order chi connectivity index (χ1) is 24.2. The van der Waals surface area contributed by atoms with Gasteiger partial charge in [-0.3, -0.25) is 23.7 Å². The molecular weight excluding hydrogens is 650 g/mol. The average molecular weight is 680 g/mol. The summed E-state index contributed by atoms with van der Waals surface area (Å²) in [7, 11) is 0. The van der Waals surface area contributed by atoms with E-state index in [1.165, 1.54) is 11.6 Å². The molecule has 3 aromatic heterocycles. The van der Waals surface area contributed by atoms with Gasteiger partial charge >= 0.3 is 17.9 Å². The Hall–Kier alpha value is -6.29. The first kappa shape index (κ1) is 32.3. The van der Waals surface area contributed by atoms with Crippen LogP contribution >= 0.6 is 0 Å². The molecule has 3 aromatic carbocycles. The molecule has 6 aromatic rings. The molecule has 1 fully saturated rings. The molecule has 7 rings (SSSR count). The first-order valence-electron chi connectivity index (χ1n) is 15.5. The van der Waals surface area contributed by atoms with Gasteiger partial charge in [0.15, 0.2) is 35.7 Å². The van der Waals surface area contributed by atoms with E-state index in [1.807, 2.05) is 42.5 Å². The summed E-state index contributed by atoms with van der Waals surface area (Å²) < 4.78 is 30.6. The van der Waals surface area contributed by atoms with Gasteiger partial charge in [-0.05, 0) is 10.8 Å². The summed E-state index contributed by atoms with van der Waals surface area (Å²) >= 11 is 0. The van der Waals surface area contributed by atoms with Gasteiger partial charge < -0.3 is 23.5 Å². The van der Waals surface area contributed by atoms with Crippen LogP contribution in [0.2, 0.25) is 0 Å². The van der Waals surface area contributed by atoms with Gasteiger partial charge in [-0.2, -0.15) is 4.98 Å². The largest absolute Gasteiger partial charge is 0.456 e. The molecular formula is C34H29N7O9. The number of benzene rings is 3. The standard InChI is InChI=1S/C34H29N7O9/c1-18(42)47-25-17-46-34(29(49-20(3)44)28(25)48-19(2)43)41-31(22-11-5-4-6-12-22)36-32-27(33(41)45)37-39-40(32)16-26-35-30(38-50-26)24-15-9-13-21-10-7-8-14-23(21)24/h4-15,25,28-29,34H,16-17H2,1-3H3/t25-,28+,29-,34-/m1/s1. The highest BCUT2D eigenvalue weighted by atomic mass is 16.6. The maximum absolute atomic E-state index is 14.4. The maximum atomic E-state index is 14.4. The third kappa shape index (κ3) is 6.19. The summed E-state index contributed by atoms with van der Waals surface area (Å²) in [4.78, 5) is 60.2. The Labute approximate surface area is 282 Å². The van der Waals surface area contributed by atoms with Crippen LogP contribution in [0.15, 0.2) is 82.1 Å². The summed E-state index contributed by atoms with van der Waals surface area (Å²) in [6.07, 6.45) is -5.29. The molecule has 4 heterocycles. The van der Waals surface area contributed by atoms with Crippen LogP contribution in [0.3, 0.4) is 0 Å². The SMILES string of the molecule is CC(=O)O[C@@H]1[C@@H](OC(C)=O)[C@H](OC(C)=O)CO[C@H]1n1c(-c2ccccc2)nc2c(nnn2Cc2nc(-c3cccc4ccccc34)no2)c1=O. The Morgan fingerprint density at radius 3 is 2.30 bits per heavy atom. The van der Waals surface area contributed by atoms with E-state index in [1.54, 1.807) is 30.3 Å². The quantitative estimate of drug-likeness (QED) is 0.168. The highest BCUT2D eigenvalue weighted by Gasteiger charge is 2.49. The van der Waals surface area contributed by atoms with Crippen molar-refractivity contribution in [3.05, 3.63) is 89.0 Å². The minimum Gasteiger partial charge on any atom is -0.456 e. The fraction of sp³-hybridized carbons (Fsp3) is 0.265. The molecule has 0 radical (unpaired) electrons. The normalized spacial score (nSPS) is 18.9. The lowest BCUT2D eigenvalue weighted by Gasteiger charge is -2.41. The van der Waals surface area contributed by atoms with Crippen LogP contribution in [0.25, 0.3) is 44.7 Å². The zero-order valence-electron chi connectivity index (χ0n) is 27.0. The number of fused-ring (bicyclic) bond motifs is 2. The number of esters is 3. The van der Waals surface area contributed by atoms with Crippen LogP contribution in [0.4, 0.5) is 0 Å². The summed E-state index contributed by atoms with van der Waals surface area (Å²) in [5, 5.41) is 14.5. The van der Waals surface area contributed by atoms with Crippen LogP contribution in [0.1, 0.15) is 32.9 Å². The van der Waals surface area contributed by atoms with Crippen molar-refractivity contribution in [3.8, 4) is 22.8 Å². The number of rotatable bonds is 8. The monoisotopic (exact) mass is 679 g/mol. The molecule has 50 heavy (non-hydrogen) atoms. The first-order valence-corrected chi connectivity index (χ1v) is 15.5. The molecule has 1 aliphatic rings. The van der Waals surface area contributed by atoms with Gasteiger partial charge in [-0.15, -0.1) is 5.10 Å². The zero-order chi connectivity index (χ0) is 34.9. The number of aromatic nitrogens is 7. The number of ether oxygens (including phenoxy) is 4. The van der Waals surface area contributed by atoms with Gasteiger partial charge in [0.2, 0.25) is 11.7 Å². The molecule has 4 atom stereocenters. The number of carbonyl (C=O) groups excluding carboxylic acids is 3. The maximum Gasteiger partial charge on any atom is 0.303 e. The fourth-order valence-corrected chi connectivity index (χ4v) is 5.98. The molecule has 0 aliphatic carbocycles. The lowest BCUT2D eigenvalue weighted by atomic mass is 10.0. The minimum atomic E-state index is -1.44. The zero-order valence-corrected chi connectivity index (χ0v) is 27.0. The van der Waals surface area contributed by atoms with Crippen molar-refractivity contribution in [1.29, 1.82) is 0 Å². The molecule has 0 spiro atoms. The fourth-order valence-electron chi connectivity index (χ4n) is 5.98. The van der Waals surface area contributed by atoms with Crippen molar-refractivity contribution in [3.63, 3.8) is 0 Å². The summed E-state index contributed by atoms with van der Waals surface area (Å²) in [5.41, 5.74) is 0.536. The van der Waals surface area contributed by atoms with E-state index in [9.17, 15) is 19.2 Å². The van der Waals surface area contributed by atoms with Crippen molar-refractivity contribution in [1.82, 2.24) is 34.7 Å². The molecule has 0 bridgehead atoms. The van der Waals surface area contributed by atoms with Crippen molar-refractivity contribution < 1.29 is 37.9 Å². The Morgan fingerprint density at radius 2 is 1.54 bits per heavy atom. The van der Waals surface area contributed by atoms with Crippen LogP contribution in [0.5, 0.6) is 0 Å². The molecule has 16 nitrogen and oxygen atoms in total. The summed E-state index contributed by atoms with van der Waals surface area (Å²) in [6, 6.07) is 22.4. The molecule has 0 amide bonds. The van der Waals surface area contributed by atoms with E-state index in [0.717, 1.165) is 34.8 Å². The highest BCUT2D eigenvalue weighted by Crippen LogP contribution is 2.33. The smallest absolute Gasteiger partial charge is 0.303 e. The third-order valence-electron chi connectivity index (χ3n) is 7.96. The average Bonchev–Trinajstić information content (AvgIpc) is 3.73. The minimum absolute atomic E-state index is 0.0620. The van der Waals surface area contributed by atoms with Crippen molar-refractivity contribution in [2.75, 3.05) is 6.61 Å². The number of hydrogen-bond acceptors (Lipinski definition) is 14. The Kier molecular flexibility index (Phi) is 8.59. The van der Waals surface area contributed by atoms with E-state index < -0.39 is 48.0 Å². The van der Waals surface area contributed by atoms with Crippen LogP contribution in [-0.2, 0) is 39.9 Å². The van der Waals surface area contributed by atoms with Gasteiger partial charge in [0, 0.05) is 31.9 Å². The predicted molar refractivity (Wildman–Crippen MR) is 173 cm³/mol. The lowest BCUT2D eigenvalue weighted by molar-refractivity contribution is -0.239. The molecule has 1 saturated heterocycles. The Morgan fingerprint density at radius 1 is 0.840 bits per heavy atom. The van der Waals surface area contributed by atoms with Crippen LogP contribution in [-0.4, -0.2) is 77.5 Å². The van der Waals surface area contributed by atoms with Crippen molar-refractivity contribution >= 4 is 39.8 Å². The van der Waals surface area contributed by atoms with E-state index in [-0.39, 0.29) is 36.0 Å². The van der Waals surface area contributed by atoms with E-state index >= 15 is 0 Å². The number of hydrogen-bond donors (Lipinski definition) is 0. The second kappa shape index (κ2) is 13.3. The van der Waals surface area contributed by atoms with E-state index in [0.29, 0.717) is 11.4 Å². The topological polar surface area (TPSA) is 193 Å². The van der Waals surface area contributed by atoms with Crippen LogP contribution in [0, 0.1) is 0 Å². The molecule has 0 saturated carbocycles. The molecule has 0 unspecified atom stereocenters. The molecule has 254 valence electrons. The highest BCUT2D eigenvalue weighted by molar-refractivity contribution is 5.94. The predicted octanol–water partition coefficient (Wildman–Crippen LogP) is 3.23. The number of nitrogens with zero attached hydrogens (tertiary/aromatic N) is 7. The molecule has 16 heteroatoms. The Balaban J connectivity index is 1.32. The second-order valence-corrected chi connectivity index (χ2v) is 11.5. The van der Waals surface area contributed by atoms with Gasteiger partial charge in [-0.25, -0.2) is 9.67 Å². The van der Waals surface area contributed by atoms with Gasteiger partial charge in [0.05, 0.1) is 6.61 Å². The van der Waals surface area contributed by atoms with Crippen molar-refractivity contribution in [2.24, 2.45) is 0 Å². The summed E-state index contributed by atoms with van der Waals surface area (Å²) in [6.45, 7) is 3.11. The summed E-state index contributed by atoms with van der Waals surface area (Å²) in [5.74, 6) is -1.51. The second-order valence-electron chi connectivity index (χ2n) is 11.5. The van der Waals surface area contributed by atoms with Crippen molar-refractivity contribution in [2.45, 2.75) is 51.9 Å². The number of carbonyl (C=O) groups is 3. The molecule has 1 aliphatic heterocycles. The Bertz CT molecular complexity index is 2290. The van der Waals surface area contributed by atoms with E-state index in [2.05, 4.69) is 20.5 Å². The van der Waals surface area contributed by atoms with Gasteiger partial charge in [0.25, 0.3) is 5.56 Å². The van der Waals surface area contributed by atoms with Gasteiger partial charge in [-0.1, -0.05) is 83.2 Å². The van der Waals surface area contributed by atoms with E-state index in [4.69, 9.17) is 28.5 Å².